The first-order valence-corrected chi connectivity index (χ1v) is 6.94. The fraction of sp³-hybridized carbons (Fsp3) is 0.750. The van der Waals surface area contributed by atoms with E-state index >= 15 is 0 Å². The van der Waals surface area contributed by atoms with Gasteiger partial charge in [0.2, 0.25) is 0 Å². The largest absolute Gasteiger partial charge is 0.393 e. The van der Waals surface area contributed by atoms with E-state index in [1.54, 1.807) is 11.3 Å². The molecule has 90 valence electrons. The van der Waals surface area contributed by atoms with E-state index in [1.807, 2.05) is 6.92 Å². The van der Waals surface area contributed by atoms with Gasteiger partial charge in [-0.05, 0) is 38.8 Å². The standard InChI is InChI=1S/C12H20N2OS/c1-9(15)5-11-8-16-12(14-11)6-10-3-2-4-13-7-10/h8-10,13,15H,2-7H2,1H3. The van der Waals surface area contributed by atoms with Crippen LogP contribution >= 0.6 is 11.3 Å². The van der Waals surface area contributed by atoms with Crippen molar-refractivity contribution in [3.8, 4) is 0 Å². The maximum atomic E-state index is 9.29. The zero-order chi connectivity index (χ0) is 11.4. The van der Waals surface area contributed by atoms with Crippen LogP contribution in [0, 0.1) is 5.92 Å². The molecule has 1 aliphatic rings. The molecule has 4 heteroatoms. The topological polar surface area (TPSA) is 45.1 Å². The van der Waals surface area contributed by atoms with E-state index in [2.05, 4.69) is 15.7 Å². The summed E-state index contributed by atoms with van der Waals surface area (Å²) in [6.45, 7) is 4.11. The Kier molecular flexibility index (Phi) is 4.32. The highest BCUT2D eigenvalue weighted by Gasteiger charge is 2.15. The Morgan fingerprint density at radius 1 is 1.69 bits per heavy atom. The van der Waals surface area contributed by atoms with Crippen molar-refractivity contribution < 1.29 is 5.11 Å². The monoisotopic (exact) mass is 240 g/mol. The second-order valence-corrected chi connectivity index (χ2v) is 5.64. The Bertz CT molecular complexity index is 319. The van der Waals surface area contributed by atoms with Crippen molar-refractivity contribution in [2.75, 3.05) is 13.1 Å². The van der Waals surface area contributed by atoms with Crippen LogP contribution in [0.25, 0.3) is 0 Å². The third-order valence-corrected chi connectivity index (χ3v) is 3.89. The maximum absolute atomic E-state index is 9.29. The molecular formula is C12H20N2OS. The third kappa shape index (κ3) is 3.54. The van der Waals surface area contributed by atoms with Gasteiger partial charge in [-0.15, -0.1) is 11.3 Å². The summed E-state index contributed by atoms with van der Waals surface area (Å²) in [6.07, 6.45) is 4.09. The van der Waals surface area contributed by atoms with E-state index < -0.39 is 0 Å². The van der Waals surface area contributed by atoms with Gasteiger partial charge in [-0.1, -0.05) is 0 Å². The molecule has 0 aliphatic carbocycles. The van der Waals surface area contributed by atoms with Crippen LogP contribution in [0.5, 0.6) is 0 Å². The molecule has 16 heavy (non-hydrogen) atoms. The maximum Gasteiger partial charge on any atom is 0.0931 e. The van der Waals surface area contributed by atoms with Crippen LogP contribution in [0.2, 0.25) is 0 Å². The highest BCUT2D eigenvalue weighted by Crippen LogP contribution is 2.19. The smallest absolute Gasteiger partial charge is 0.0931 e. The van der Waals surface area contributed by atoms with Gasteiger partial charge in [0.1, 0.15) is 0 Å². The number of rotatable bonds is 4. The molecule has 0 amide bonds. The Hall–Kier alpha value is -0.450. The lowest BCUT2D eigenvalue weighted by Crippen LogP contribution is -2.30. The number of nitrogens with zero attached hydrogens (tertiary/aromatic N) is 1. The molecule has 2 N–H and O–H groups in total. The number of hydrogen-bond acceptors (Lipinski definition) is 4. The summed E-state index contributed by atoms with van der Waals surface area (Å²) in [7, 11) is 0. The Balaban J connectivity index is 1.86. The van der Waals surface area contributed by atoms with E-state index in [9.17, 15) is 5.11 Å². The van der Waals surface area contributed by atoms with Gasteiger partial charge in [-0.3, -0.25) is 0 Å². The molecule has 0 saturated carbocycles. The first-order chi connectivity index (χ1) is 7.74. The number of thiazole rings is 1. The molecule has 1 saturated heterocycles. The summed E-state index contributed by atoms with van der Waals surface area (Å²) in [5.41, 5.74) is 1.04. The Morgan fingerprint density at radius 2 is 2.56 bits per heavy atom. The van der Waals surface area contributed by atoms with Crippen LogP contribution in [-0.2, 0) is 12.8 Å². The van der Waals surface area contributed by atoms with Crippen LogP contribution in [-0.4, -0.2) is 29.3 Å². The molecule has 2 unspecified atom stereocenters. The van der Waals surface area contributed by atoms with Crippen LogP contribution in [0.15, 0.2) is 5.38 Å². The van der Waals surface area contributed by atoms with Crippen molar-refractivity contribution in [2.45, 2.75) is 38.7 Å². The SMILES string of the molecule is CC(O)Cc1csc(CC2CCCNC2)n1. The first kappa shape index (κ1) is 12.0. The van der Waals surface area contributed by atoms with Crippen LogP contribution in [0.3, 0.4) is 0 Å². The number of aromatic nitrogens is 1. The van der Waals surface area contributed by atoms with Crippen molar-refractivity contribution in [1.82, 2.24) is 10.3 Å². The van der Waals surface area contributed by atoms with E-state index in [4.69, 9.17) is 0 Å². The molecule has 1 aromatic heterocycles. The third-order valence-electron chi connectivity index (χ3n) is 2.97. The Morgan fingerprint density at radius 3 is 3.25 bits per heavy atom. The Labute approximate surface area is 101 Å². The quantitative estimate of drug-likeness (QED) is 0.840. The lowest BCUT2D eigenvalue weighted by Gasteiger charge is -2.21. The average molecular weight is 240 g/mol. The molecule has 0 bridgehead atoms. The minimum absolute atomic E-state index is 0.286. The van der Waals surface area contributed by atoms with E-state index in [-0.39, 0.29) is 6.10 Å². The predicted molar refractivity (Wildman–Crippen MR) is 66.8 cm³/mol. The van der Waals surface area contributed by atoms with Crippen LogP contribution in [0.1, 0.15) is 30.5 Å². The molecule has 0 spiro atoms. The minimum Gasteiger partial charge on any atom is -0.393 e. The van der Waals surface area contributed by atoms with Gasteiger partial charge in [-0.25, -0.2) is 4.98 Å². The molecule has 2 atom stereocenters. The fourth-order valence-electron chi connectivity index (χ4n) is 2.18. The highest BCUT2D eigenvalue weighted by molar-refractivity contribution is 7.09. The van der Waals surface area contributed by atoms with Gasteiger partial charge >= 0.3 is 0 Å². The number of aliphatic hydroxyl groups is 1. The van der Waals surface area contributed by atoms with E-state index in [1.165, 1.54) is 24.4 Å². The van der Waals surface area contributed by atoms with Gasteiger partial charge in [0, 0.05) is 18.2 Å². The summed E-state index contributed by atoms with van der Waals surface area (Å²) in [5.74, 6) is 0.749. The van der Waals surface area contributed by atoms with Crippen molar-refractivity contribution >= 4 is 11.3 Å². The lowest BCUT2D eigenvalue weighted by molar-refractivity contribution is 0.194. The molecule has 1 fully saturated rings. The number of aliphatic hydroxyl groups excluding tert-OH is 1. The molecule has 0 aromatic carbocycles. The van der Waals surface area contributed by atoms with Crippen molar-refractivity contribution in [2.24, 2.45) is 5.92 Å². The summed E-state index contributed by atoms with van der Waals surface area (Å²) < 4.78 is 0. The lowest BCUT2D eigenvalue weighted by atomic mass is 9.97. The zero-order valence-corrected chi connectivity index (χ0v) is 10.6. The fourth-order valence-corrected chi connectivity index (χ4v) is 3.11. The van der Waals surface area contributed by atoms with Gasteiger partial charge in [0.15, 0.2) is 0 Å². The predicted octanol–water partition coefficient (Wildman–Crippen LogP) is 1.61. The average Bonchev–Trinajstić information content (AvgIpc) is 2.66. The van der Waals surface area contributed by atoms with Gasteiger partial charge in [0.25, 0.3) is 0 Å². The van der Waals surface area contributed by atoms with E-state index in [0.717, 1.165) is 24.6 Å². The molecule has 0 radical (unpaired) electrons. The van der Waals surface area contributed by atoms with Crippen LogP contribution in [0.4, 0.5) is 0 Å². The summed E-state index contributed by atoms with van der Waals surface area (Å²) in [6, 6.07) is 0. The second-order valence-electron chi connectivity index (χ2n) is 4.70. The van der Waals surface area contributed by atoms with Crippen molar-refractivity contribution in [1.29, 1.82) is 0 Å². The molecule has 2 rings (SSSR count). The molecule has 1 aromatic rings. The van der Waals surface area contributed by atoms with Gasteiger partial charge < -0.3 is 10.4 Å². The van der Waals surface area contributed by atoms with Gasteiger partial charge in [0.05, 0.1) is 16.8 Å². The van der Waals surface area contributed by atoms with E-state index in [0.29, 0.717) is 6.42 Å². The van der Waals surface area contributed by atoms with Crippen molar-refractivity contribution in [3.05, 3.63) is 16.1 Å². The molecular weight excluding hydrogens is 220 g/mol. The number of piperidine rings is 1. The first-order valence-electron chi connectivity index (χ1n) is 6.06. The van der Waals surface area contributed by atoms with Crippen molar-refractivity contribution in [3.63, 3.8) is 0 Å². The molecule has 1 aliphatic heterocycles. The summed E-state index contributed by atoms with van der Waals surface area (Å²) >= 11 is 1.74. The number of nitrogens with one attached hydrogen (secondary N) is 1. The highest BCUT2D eigenvalue weighted by atomic mass is 32.1. The summed E-state index contributed by atoms with van der Waals surface area (Å²) in [5, 5.41) is 16.0. The molecule has 3 nitrogen and oxygen atoms in total. The second kappa shape index (κ2) is 5.75. The van der Waals surface area contributed by atoms with Gasteiger partial charge in [-0.2, -0.15) is 0 Å². The summed E-state index contributed by atoms with van der Waals surface area (Å²) in [4.78, 5) is 4.58. The molecule has 2 heterocycles. The minimum atomic E-state index is -0.286. The van der Waals surface area contributed by atoms with Crippen LogP contribution < -0.4 is 5.32 Å². The number of hydrogen-bond donors (Lipinski definition) is 2. The zero-order valence-electron chi connectivity index (χ0n) is 9.78. The normalized spacial score (nSPS) is 23.2.